The van der Waals surface area contributed by atoms with Crippen LogP contribution in [0.25, 0.3) is 0 Å². The van der Waals surface area contributed by atoms with Crippen molar-refractivity contribution in [1.29, 1.82) is 0 Å². The summed E-state index contributed by atoms with van der Waals surface area (Å²) >= 11 is 0. The summed E-state index contributed by atoms with van der Waals surface area (Å²) in [5.41, 5.74) is 2.60. The zero-order valence-corrected chi connectivity index (χ0v) is 11.6. The first-order valence-corrected chi connectivity index (χ1v) is 6.33. The van der Waals surface area contributed by atoms with E-state index in [0.717, 1.165) is 32.4 Å². The zero-order valence-electron chi connectivity index (χ0n) is 10.7. The zero-order chi connectivity index (χ0) is 12.1. The van der Waals surface area contributed by atoms with Crippen molar-refractivity contribution in [2.45, 2.75) is 32.2 Å². The van der Waals surface area contributed by atoms with Crippen LogP contribution < -0.4 is 10.6 Å². The van der Waals surface area contributed by atoms with Gasteiger partial charge in [0.05, 0.1) is 6.04 Å². The lowest BCUT2D eigenvalue weighted by Crippen LogP contribution is -2.41. The molecule has 1 saturated heterocycles. The maximum atomic E-state index is 11.7. The lowest BCUT2D eigenvalue weighted by Gasteiger charge is -2.11. The molecule has 1 amide bonds. The molecule has 1 aromatic rings. The number of halogens is 1. The summed E-state index contributed by atoms with van der Waals surface area (Å²) in [6.07, 6.45) is 2.98. The molecule has 4 heteroatoms. The van der Waals surface area contributed by atoms with Gasteiger partial charge in [0.15, 0.2) is 0 Å². The van der Waals surface area contributed by atoms with Gasteiger partial charge in [-0.15, -0.1) is 12.4 Å². The Morgan fingerprint density at radius 3 is 2.89 bits per heavy atom. The second kappa shape index (κ2) is 7.39. The molecular formula is C14H21ClN2O. The molecule has 1 atom stereocenters. The van der Waals surface area contributed by atoms with Crippen molar-refractivity contribution >= 4 is 18.3 Å². The molecule has 1 aliphatic heterocycles. The number of aryl methyl sites for hydroxylation is 1. The largest absolute Gasteiger partial charge is 0.354 e. The highest BCUT2D eigenvalue weighted by Crippen LogP contribution is 2.07. The van der Waals surface area contributed by atoms with Crippen molar-refractivity contribution in [2.75, 3.05) is 13.1 Å². The predicted molar refractivity (Wildman–Crippen MR) is 76.2 cm³/mol. The van der Waals surface area contributed by atoms with E-state index in [4.69, 9.17) is 0 Å². The molecule has 0 bridgehead atoms. The second-order valence-corrected chi connectivity index (χ2v) is 4.62. The van der Waals surface area contributed by atoms with Crippen molar-refractivity contribution in [1.82, 2.24) is 10.6 Å². The third kappa shape index (κ3) is 4.00. The molecule has 100 valence electrons. The van der Waals surface area contributed by atoms with Gasteiger partial charge in [-0.2, -0.15) is 0 Å². The molecule has 0 spiro atoms. The Morgan fingerprint density at radius 2 is 2.22 bits per heavy atom. The molecule has 1 aliphatic rings. The van der Waals surface area contributed by atoms with Gasteiger partial charge < -0.3 is 10.6 Å². The second-order valence-electron chi connectivity index (χ2n) is 4.62. The first-order valence-electron chi connectivity index (χ1n) is 6.33. The summed E-state index contributed by atoms with van der Waals surface area (Å²) < 4.78 is 0. The third-order valence-corrected chi connectivity index (χ3v) is 3.33. The molecule has 0 aromatic heterocycles. The lowest BCUT2D eigenvalue weighted by atomic mass is 10.1. The molecule has 3 nitrogen and oxygen atoms in total. The van der Waals surface area contributed by atoms with E-state index >= 15 is 0 Å². The molecule has 0 aliphatic carbocycles. The number of carbonyl (C=O) groups excluding carboxylic acids is 1. The summed E-state index contributed by atoms with van der Waals surface area (Å²) in [4.78, 5) is 11.7. The van der Waals surface area contributed by atoms with Crippen molar-refractivity contribution in [3.63, 3.8) is 0 Å². The molecule has 0 radical (unpaired) electrons. The van der Waals surface area contributed by atoms with Crippen LogP contribution in [0.15, 0.2) is 24.3 Å². The van der Waals surface area contributed by atoms with E-state index in [-0.39, 0.29) is 24.4 Å². The lowest BCUT2D eigenvalue weighted by molar-refractivity contribution is -0.122. The van der Waals surface area contributed by atoms with Gasteiger partial charge in [-0.05, 0) is 43.9 Å². The number of hydrogen-bond acceptors (Lipinski definition) is 2. The Hall–Kier alpha value is -1.06. The average molecular weight is 269 g/mol. The molecule has 1 unspecified atom stereocenters. The number of nitrogens with one attached hydrogen (secondary N) is 2. The highest BCUT2D eigenvalue weighted by Gasteiger charge is 2.21. The standard InChI is InChI=1S/C14H20N2O.ClH/c1-11-5-2-3-6-12(11)8-10-16-14(17)13-7-4-9-15-13;/h2-3,5-6,13,15H,4,7-10H2,1H3,(H,16,17);1H. The number of amides is 1. The van der Waals surface area contributed by atoms with Gasteiger partial charge in [-0.3, -0.25) is 4.79 Å². The highest BCUT2D eigenvalue weighted by atomic mass is 35.5. The van der Waals surface area contributed by atoms with Gasteiger partial charge >= 0.3 is 0 Å². The molecule has 1 heterocycles. The van der Waals surface area contributed by atoms with E-state index in [1.807, 2.05) is 12.1 Å². The molecule has 2 rings (SSSR count). The number of hydrogen-bond donors (Lipinski definition) is 2. The molecule has 0 saturated carbocycles. The molecule has 1 fully saturated rings. The normalized spacial score (nSPS) is 18.2. The Labute approximate surface area is 115 Å². The van der Waals surface area contributed by atoms with Gasteiger partial charge in [-0.1, -0.05) is 24.3 Å². The van der Waals surface area contributed by atoms with E-state index in [1.54, 1.807) is 0 Å². The van der Waals surface area contributed by atoms with Gasteiger partial charge in [0.25, 0.3) is 0 Å². The third-order valence-electron chi connectivity index (χ3n) is 3.33. The summed E-state index contributed by atoms with van der Waals surface area (Å²) in [5, 5.41) is 6.20. The van der Waals surface area contributed by atoms with Crippen LogP contribution >= 0.6 is 12.4 Å². The minimum Gasteiger partial charge on any atom is -0.354 e. The smallest absolute Gasteiger partial charge is 0.237 e. The maximum Gasteiger partial charge on any atom is 0.237 e. The Balaban J connectivity index is 0.00000162. The van der Waals surface area contributed by atoms with Crippen molar-refractivity contribution < 1.29 is 4.79 Å². The van der Waals surface area contributed by atoms with Gasteiger partial charge in [-0.25, -0.2) is 0 Å². The van der Waals surface area contributed by atoms with Crippen LogP contribution in [0.1, 0.15) is 24.0 Å². The maximum absolute atomic E-state index is 11.7. The van der Waals surface area contributed by atoms with E-state index in [9.17, 15) is 4.79 Å². The average Bonchev–Trinajstić information content (AvgIpc) is 2.85. The van der Waals surface area contributed by atoms with Crippen LogP contribution in [0, 0.1) is 6.92 Å². The Bertz CT molecular complexity index is 389. The molecule has 1 aromatic carbocycles. The fourth-order valence-corrected chi connectivity index (χ4v) is 2.24. The van der Waals surface area contributed by atoms with Crippen LogP contribution in [-0.2, 0) is 11.2 Å². The predicted octanol–water partition coefficient (Wildman–Crippen LogP) is 1.83. The van der Waals surface area contributed by atoms with Crippen molar-refractivity contribution in [3.8, 4) is 0 Å². The first kappa shape index (κ1) is 15.0. The number of carbonyl (C=O) groups is 1. The number of benzene rings is 1. The van der Waals surface area contributed by atoms with Crippen LogP contribution in [0.4, 0.5) is 0 Å². The van der Waals surface area contributed by atoms with Gasteiger partial charge in [0.2, 0.25) is 5.91 Å². The van der Waals surface area contributed by atoms with Crippen molar-refractivity contribution in [3.05, 3.63) is 35.4 Å². The van der Waals surface area contributed by atoms with Gasteiger partial charge in [0, 0.05) is 6.54 Å². The van der Waals surface area contributed by atoms with E-state index < -0.39 is 0 Å². The number of rotatable bonds is 4. The van der Waals surface area contributed by atoms with Crippen LogP contribution in [-0.4, -0.2) is 25.0 Å². The quantitative estimate of drug-likeness (QED) is 0.875. The fraction of sp³-hybridized carbons (Fsp3) is 0.500. The SMILES string of the molecule is Cc1ccccc1CCNC(=O)C1CCCN1.Cl. The van der Waals surface area contributed by atoms with E-state index in [0.29, 0.717) is 0 Å². The van der Waals surface area contributed by atoms with Crippen molar-refractivity contribution in [2.24, 2.45) is 0 Å². The summed E-state index contributed by atoms with van der Waals surface area (Å²) in [7, 11) is 0. The minimum atomic E-state index is 0. The van der Waals surface area contributed by atoms with Crippen LogP contribution in [0.5, 0.6) is 0 Å². The molecular weight excluding hydrogens is 248 g/mol. The summed E-state index contributed by atoms with van der Waals surface area (Å²) in [6.45, 7) is 3.80. The summed E-state index contributed by atoms with van der Waals surface area (Å²) in [6, 6.07) is 8.35. The minimum absolute atomic E-state index is 0. The first-order chi connectivity index (χ1) is 8.27. The summed E-state index contributed by atoms with van der Waals surface area (Å²) in [5.74, 6) is 0.149. The highest BCUT2D eigenvalue weighted by molar-refractivity contribution is 5.85. The Kier molecular flexibility index (Phi) is 6.16. The van der Waals surface area contributed by atoms with Crippen LogP contribution in [0.3, 0.4) is 0 Å². The van der Waals surface area contributed by atoms with Gasteiger partial charge in [0.1, 0.15) is 0 Å². The molecule has 2 N–H and O–H groups in total. The molecule has 18 heavy (non-hydrogen) atoms. The topological polar surface area (TPSA) is 41.1 Å². The fourth-order valence-electron chi connectivity index (χ4n) is 2.24. The Morgan fingerprint density at radius 1 is 1.44 bits per heavy atom. The van der Waals surface area contributed by atoms with E-state index in [2.05, 4.69) is 29.7 Å². The van der Waals surface area contributed by atoms with E-state index in [1.165, 1.54) is 11.1 Å². The monoisotopic (exact) mass is 268 g/mol. The van der Waals surface area contributed by atoms with Crippen LogP contribution in [0.2, 0.25) is 0 Å².